The molecule has 80 valence electrons. The van der Waals surface area contributed by atoms with Crippen LogP contribution in [0.5, 0.6) is 0 Å². The summed E-state index contributed by atoms with van der Waals surface area (Å²) >= 11 is 8.78. The monoisotopic (exact) mass is 256 g/mol. The van der Waals surface area contributed by atoms with Crippen molar-refractivity contribution in [1.29, 1.82) is 0 Å². The lowest BCUT2D eigenvalue weighted by atomic mass is 10.2. The summed E-state index contributed by atoms with van der Waals surface area (Å²) in [5, 5.41) is 0.609. The predicted octanol–water partition coefficient (Wildman–Crippen LogP) is 4.21. The van der Waals surface area contributed by atoms with Gasteiger partial charge in [0.05, 0.1) is 12.0 Å². The van der Waals surface area contributed by atoms with Gasteiger partial charge in [-0.1, -0.05) is 0 Å². The van der Waals surface area contributed by atoms with E-state index in [-0.39, 0.29) is 0 Å². The molecule has 0 spiro atoms. The van der Waals surface area contributed by atoms with Crippen LogP contribution in [0.2, 0.25) is 0 Å². The van der Waals surface area contributed by atoms with Crippen molar-refractivity contribution < 1.29 is 4.74 Å². The normalized spacial score (nSPS) is 10.9. The minimum absolute atomic E-state index is 0.609. The molecular weight excluding hydrogens is 244 g/mol. The SMILES string of the molecule is COC(=S)c1sc2c(C)c(C)sc2c1C. The van der Waals surface area contributed by atoms with E-state index < -0.39 is 0 Å². The van der Waals surface area contributed by atoms with E-state index in [0.29, 0.717) is 5.05 Å². The quantitative estimate of drug-likeness (QED) is 0.707. The minimum Gasteiger partial charge on any atom is -0.486 e. The molecule has 0 saturated carbocycles. The highest BCUT2D eigenvalue weighted by Gasteiger charge is 2.17. The summed E-state index contributed by atoms with van der Waals surface area (Å²) in [5.41, 5.74) is 2.65. The molecule has 0 aliphatic heterocycles. The predicted molar refractivity (Wildman–Crippen MR) is 72.6 cm³/mol. The van der Waals surface area contributed by atoms with Crippen LogP contribution >= 0.6 is 34.9 Å². The molecule has 0 aliphatic carbocycles. The van der Waals surface area contributed by atoms with Crippen LogP contribution in [0.1, 0.15) is 20.9 Å². The van der Waals surface area contributed by atoms with Crippen LogP contribution in [-0.2, 0) is 4.74 Å². The van der Waals surface area contributed by atoms with Crippen molar-refractivity contribution in [3.8, 4) is 0 Å². The van der Waals surface area contributed by atoms with Crippen LogP contribution in [0.3, 0.4) is 0 Å². The van der Waals surface area contributed by atoms with Gasteiger partial charge in [0.2, 0.25) is 5.05 Å². The molecule has 0 N–H and O–H groups in total. The fourth-order valence-electron chi connectivity index (χ4n) is 1.55. The van der Waals surface area contributed by atoms with E-state index >= 15 is 0 Å². The summed E-state index contributed by atoms with van der Waals surface area (Å²) < 4.78 is 7.86. The second-order valence-electron chi connectivity index (χ2n) is 3.49. The summed E-state index contributed by atoms with van der Waals surface area (Å²) in [5.74, 6) is 0. The summed E-state index contributed by atoms with van der Waals surface area (Å²) in [6.07, 6.45) is 0. The van der Waals surface area contributed by atoms with E-state index in [0.717, 1.165) is 4.88 Å². The Hall–Kier alpha value is -0.450. The molecular formula is C11H12OS3. The van der Waals surface area contributed by atoms with Crippen LogP contribution < -0.4 is 0 Å². The van der Waals surface area contributed by atoms with Crippen LogP contribution in [0.15, 0.2) is 0 Å². The third-order valence-corrected chi connectivity index (χ3v) is 5.95. The van der Waals surface area contributed by atoms with Crippen molar-refractivity contribution in [3.63, 3.8) is 0 Å². The lowest BCUT2D eigenvalue weighted by molar-refractivity contribution is 0.416. The van der Waals surface area contributed by atoms with Gasteiger partial charge in [-0.25, -0.2) is 0 Å². The molecule has 0 fully saturated rings. The number of thiocarbonyl (C=S) groups is 1. The van der Waals surface area contributed by atoms with Gasteiger partial charge in [-0.15, -0.1) is 22.7 Å². The number of hydrogen-bond acceptors (Lipinski definition) is 4. The topological polar surface area (TPSA) is 9.23 Å². The number of hydrogen-bond donors (Lipinski definition) is 0. The molecule has 15 heavy (non-hydrogen) atoms. The smallest absolute Gasteiger partial charge is 0.201 e. The fourth-order valence-corrected chi connectivity index (χ4v) is 4.44. The first-order valence-electron chi connectivity index (χ1n) is 4.63. The average molecular weight is 256 g/mol. The maximum absolute atomic E-state index is 5.19. The molecule has 1 nitrogen and oxygen atoms in total. The molecule has 0 saturated heterocycles. The van der Waals surface area contributed by atoms with Crippen molar-refractivity contribution in [1.82, 2.24) is 0 Å². The third-order valence-electron chi connectivity index (χ3n) is 2.59. The zero-order valence-corrected chi connectivity index (χ0v) is 11.6. The van der Waals surface area contributed by atoms with Gasteiger partial charge in [0.15, 0.2) is 0 Å². The Morgan fingerprint density at radius 1 is 1.07 bits per heavy atom. The molecule has 4 heteroatoms. The summed E-state index contributed by atoms with van der Waals surface area (Å²) in [6.45, 7) is 6.46. The molecule has 0 atom stereocenters. The lowest BCUT2D eigenvalue weighted by Crippen LogP contribution is -1.97. The zero-order chi connectivity index (χ0) is 11.2. The molecule has 2 rings (SSSR count). The highest BCUT2D eigenvalue weighted by Crippen LogP contribution is 2.40. The number of methoxy groups -OCH3 is 1. The third kappa shape index (κ3) is 1.61. The molecule has 2 aromatic rings. The van der Waals surface area contributed by atoms with Crippen LogP contribution in [0.4, 0.5) is 0 Å². The van der Waals surface area contributed by atoms with Crippen molar-refractivity contribution >= 4 is 49.3 Å². The van der Waals surface area contributed by atoms with Gasteiger partial charge in [-0.2, -0.15) is 0 Å². The highest BCUT2D eigenvalue weighted by atomic mass is 32.1. The van der Waals surface area contributed by atoms with Crippen molar-refractivity contribution in [2.75, 3.05) is 7.11 Å². The van der Waals surface area contributed by atoms with Gasteiger partial charge in [-0.3, -0.25) is 0 Å². The Morgan fingerprint density at radius 3 is 2.20 bits per heavy atom. The maximum atomic E-state index is 5.19. The van der Waals surface area contributed by atoms with E-state index in [1.807, 2.05) is 11.3 Å². The largest absolute Gasteiger partial charge is 0.486 e. The molecule has 2 heterocycles. The van der Waals surface area contributed by atoms with Crippen molar-refractivity contribution in [3.05, 3.63) is 20.9 Å². The summed E-state index contributed by atoms with van der Waals surface area (Å²) in [4.78, 5) is 2.51. The van der Waals surface area contributed by atoms with Crippen molar-refractivity contribution in [2.24, 2.45) is 0 Å². The highest BCUT2D eigenvalue weighted by molar-refractivity contribution is 7.80. The van der Waals surface area contributed by atoms with Gasteiger partial charge < -0.3 is 4.74 Å². The van der Waals surface area contributed by atoms with E-state index in [1.165, 1.54) is 25.4 Å². The average Bonchev–Trinajstić information content (AvgIpc) is 2.68. The molecule has 0 amide bonds. The number of ether oxygens (including phenoxy) is 1. The number of thiophene rings is 2. The summed E-state index contributed by atoms with van der Waals surface area (Å²) in [7, 11) is 1.63. The van der Waals surface area contributed by atoms with Crippen LogP contribution in [0, 0.1) is 20.8 Å². The minimum atomic E-state index is 0.609. The van der Waals surface area contributed by atoms with Crippen LogP contribution in [-0.4, -0.2) is 12.2 Å². The number of rotatable bonds is 1. The number of aryl methyl sites for hydroxylation is 3. The van der Waals surface area contributed by atoms with E-state index in [2.05, 4.69) is 20.8 Å². The lowest BCUT2D eigenvalue weighted by Gasteiger charge is -1.99. The second kappa shape index (κ2) is 3.85. The Kier molecular flexibility index (Phi) is 2.83. The Labute approximate surface area is 103 Å². The molecule has 0 unspecified atom stereocenters. The van der Waals surface area contributed by atoms with Gasteiger partial charge in [-0.05, 0) is 44.1 Å². The Bertz CT molecular complexity index is 534. The molecule has 0 radical (unpaired) electrons. The fraction of sp³-hybridized carbons (Fsp3) is 0.364. The molecule has 0 bridgehead atoms. The molecule has 0 aliphatic rings. The van der Waals surface area contributed by atoms with Crippen LogP contribution in [0.25, 0.3) is 9.40 Å². The van der Waals surface area contributed by atoms with Gasteiger partial charge in [0.25, 0.3) is 0 Å². The molecule has 2 aromatic heterocycles. The first-order valence-corrected chi connectivity index (χ1v) is 6.67. The molecule has 0 aromatic carbocycles. The van der Waals surface area contributed by atoms with Gasteiger partial charge in [0, 0.05) is 14.3 Å². The van der Waals surface area contributed by atoms with E-state index in [4.69, 9.17) is 17.0 Å². The second-order valence-corrected chi connectivity index (χ2v) is 6.11. The Morgan fingerprint density at radius 2 is 1.67 bits per heavy atom. The van der Waals surface area contributed by atoms with Gasteiger partial charge in [0.1, 0.15) is 0 Å². The number of fused-ring (bicyclic) bond motifs is 1. The zero-order valence-electron chi connectivity index (χ0n) is 9.13. The first-order chi connectivity index (χ1) is 7.06. The van der Waals surface area contributed by atoms with E-state index in [1.54, 1.807) is 18.4 Å². The van der Waals surface area contributed by atoms with E-state index in [9.17, 15) is 0 Å². The first kappa shape index (κ1) is 11.0. The standard InChI is InChI=1S/C11H12OS3/c1-5-7(3)14-9-6(2)10(11(13)12-4)15-8(5)9/h1-4H3. The summed E-state index contributed by atoms with van der Waals surface area (Å²) in [6, 6.07) is 0. The Balaban J connectivity index is 2.71. The van der Waals surface area contributed by atoms with Crippen molar-refractivity contribution in [2.45, 2.75) is 20.8 Å². The van der Waals surface area contributed by atoms with Gasteiger partial charge >= 0.3 is 0 Å². The maximum Gasteiger partial charge on any atom is 0.201 e.